The van der Waals surface area contributed by atoms with Gasteiger partial charge in [0.15, 0.2) is 0 Å². The number of allylic oxidation sites excluding steroid dienone is 5. The number of benzene rings is 6. The summed E-state index contributed by atoms with van der Waals surface area (Å²) in [4.78, 5) is 0. The Hall–Kier alpha value is -5.60. The Bertz CT molecular complexity index is 2640. The van der Waals surface area contributed by atoms with E-state index >= 15 is 0 Å². The summed E-state index contributed by atoms with van der Waals surface area (Å²) < 4.78 is 4.96. The lowest BCUT2D eigenvalue weighted by molar-refractivity contribution is 0.979. The lowest BCUT2D eigenvalue weighted by atomic mass is 9.91. The second kappa shape index (κ2) is 9.95. The van der Waals surface area contributed by atoms with Crippen molar-refractivity contribution in [2.75, 3.05) is 0 Å². The molecule has 2 aliphatic rings. The van der Waals surface area contributed by atoms with E-state index in [1.807, 2.05) is 0 Å². The van der Waals surface area contributed by atoms with Gasteiger partial charge in [0.05, 0.1) is 27.8 Å². The number of hydrogen-bond acceptors (Lipinski definition) is 0. The zero-order valence-electron chi connectivity index (χ0n) is 25.6. The van der Waals surface area contributed by atoms with Crippen LogP contribution in [0, 0.1) is 0 Å². The second-order valence-electron chi connectivity index (χ2n) is 12.7. The summed E-state index contributed by atoms with van der Waals surface area (Å²) in [6, 6.07) is 43.2. The van der Waals surface area contributed by atoms with Crippen LogP contribution in [0.3, 0.4) is 0 Å². The highest BCUT2D eigenvalue weighted by Gasteiger charge is 2.19. The molecule has 2 aromatic heterocycles. The Morgan fingerprint density at radius 2 is 1.04 bits per heavy atom. The van der Waals surface area contributed by atoms with Gasteiger partial charge in [-0.05, 0) is 102 Å². The van der Waals surface area contributed by atoms with Gasteiger partial charge in [-0.15, -0.1) is 0 Å². The highest BCUT2D eigenvalue weighted by Crippen LogP contribution is 2.41. The van der Waals surface area contributed by atoms with Crippen molar-refractivity contribution in [2.45, 2.75) is 25.7 Å². The number of hydrogen-bond donors (Lipinski definition) is 0. The molecule has 0 radical (unpaired) electrons. The lowest BCUT2D eigenvalue weighted by Crippen LogP contribution is -2.02. The summed E-state index contributed by atoms with van der Waals surface area (Å²) in [7, 11) is 0. The molecule has 0 N–H and O–H groups in total. The van der Waals surface area contributed by atoms with E-state index in [-0.39, 0.29) is 0 Å². The van der Waals surface area contributed by atoms with Crippen LogP contribution in [-0.2, 0) is 6.42 Å². The van der Waals surface area contributed by atoms with Crippen LogP contribution >= 0.6 is 0 Å². The minimum atomic E-state index is 1.06. The van der Waals surface area contributed by atoms with Gasteiger partial charge in [0.2, 0.25) is 0 Å². The van der Waals surface area contributed by atoms with E-state index in [1.54, 1.807) is 0 Å². The Morgan fingerprint density at radius 3 is 1.74 bits per heavy atom. The third-order valence-electron chi connectivity index (χ3n) is 10.2. The molecule has 0 spiro atoms. The molecule has 0 fully saturated rings. The van der Waals surface area contributed by atoms with Crippen LogP contribution in [0.4, 0.5) is 0 Å². The number of nitrogens with zero attached hydrogens (tertiary/aromatic N) is 2. The fourth-order valence-electron chi connectivity index (χ4n) is 8.11. The van der Waals surface area contributed by atoms with Gasteiger partial charge in [-0.1, -0.05) is 97.1 Å². The zero-order chi connectivity index (χ0) is 30.2. The van der Waals surface area contributed by atoms with E-state index < -0.39 is 0 Å². The van der Waals surface area contributed by atoms with Crippen molar-refractivity contribution >= 4 is 66.2 Å². The van der Waals surface area contributed by atoms with E-state index in [2.05, 4.69) is 155 Å². The molecule has 2 nitrogen and oxygen atoms in total. The minimum Gasteiger partial charge on any atom is -0.313 e. The monoisotopic (exact) mass is 588 g/mol. The number of para-hydroxylation sites is 2. The van der Waals surface area contributed by atoms with Gasteiger partial charge in [-0.2, -0.15) is 0 Å². The Balaban J connectivity index is 1.20. The molecule has 2 heteroatoms. The predicted molar refractivity (Wildman–Crippen MR) is 197 cm³/mol. The van der Waals surface area contributed by atoms with Crippen LogP contribution in [0.15, 0.2) is 140 Å². The summed E-state index contributed by atoms with van der Waals surface area (Å²) in [5.74, 6) is 0. The normalized spacial score (nSPS) is 14.6. The first kappa shape index (κ1) is 25.7. The average molecular weight is 589 g/mol. The molecule has 0 amide bonds. The average Bonchev–Trinajstić information content (AvgIpc) is 3.64. The van der Waals surface area contributed by atoms with Crippen molar-refractivity contribution < 1.29 is 0 Å². The summed E-state index contributed by atoms with van der Waals surface area (Å²) in [6.07, 6.45) is 15.7. The summed E-state index contributed by atoms with van der Waals surface area (Å²) in [6.45, 7) is 0. The smallest absolute Gasteiger partial charge is 0.0543 e. The molecule has 46 heavy (non-hydrogen) atoms. The third-order valence-corrected chi connectivity index (χ3v) is 10.2. The fourth-order valence-corrected chi connectivity index (χ4v) is 8.11. The molecule has 2 heterocycles. The van der Waals surface area contributed by atoms with Gasteiger partial charge >= 0.3 is 0 Å². The van der Waals surface area contributed by atoms with E-state index in [9.17, 15) is 0 Å². The molecule has 6 aromatic carbocycles. The largest absolute Gasteiger partial charge is 0.313 e. The zero-order valence-corrected chi connectivity index (χ0v) is 25.6. The Morgan fingerprint density at radius 1 is 0.457 bits per heavy atom. The SMILES string of the molecule is C1=CCCC(n2c3ccccc3c3cc(-c4ccc5c(c4)c4ccccc4n5-c4cc5c(c6ccccc46)C=CCC5)ccc32)=C1. The van der Waals surface area contributed by atoms with Crippen molar-refractivity contribution in [3.05, 3.63) is 151 Å². The van der Waals surface area contributed by atoms with Gasteiger partial charge in [0, 0.05) is 32.6 Å². The summed E-state index contributed by atoms with van der Waals surface area (Å²) in [5, 5.41) is 7.82. The minimum absolute atomic E-state index is 1.06. The van der Waals surface area contributed by atoms with Gasteiger partial charge in [-0.25, -0.2) is 0 Å². The van der Waals surface area contributed by atoms with Gasteiger partial charge in [0.1, 0.15) is 0 Å². The quantitative estimate of drug-likeness (QED) is 0.194. The van der Waals surface area contributed by atoms with Crippen LogP contribution in [0.1, 0.15) is 30.4 Å². The summed E-state index contributed by atoms with van der Waals surface area (Å²) >= 11 is 0. The number of aryl methyl sites for hydroxylation is 1. The number of aromatic nitrogens is 2. The fraction of sp³-hybridized carbons (Fsp3) is 0.0909. The molecule has 0 aliphatic heterocycles. The third kappa shape index (κ3) is 3.71. The van der Waals surface area contributed by atoms with Crippen LogP contribution < -0.4 is 0 Å². The highest BCUT2D eigenvalue weighted by molar-refractivity contribution is 6.14. The first-order chi connectivity index (χ1) is 22.8. The lowest BCUT2D eigenvalue weighted by Gasteiger charge is -2.19. The maximum Gasteiger partial charge on any atom is 0.0543 e. The van der Waals surface area contributed by atoms with Crippen LogP contribution in [0.2, 0.25) is 0 Å². The maximum atomic E-state index is 2.50. The van der Waals surface area contributed by atoms with Crippen LogP contribution in [-0.4, -0.2) is 9.13 Å². The molecule has 0 bridgehead atoms. The second-order valence-corrected chi connectivity index (χ2v) is 12.7. The number of fused-ring (bicyclic) bond motifs is 9. The van der Waals surface area contributed by atoms with Crippen molar-refractivity contribution in [3.63, 3.8) is 0 Å². The van der Waals surface area contributed by atoms with Crippen molar-refractivity contribution in [2.24, 2.45) is 0 Å². The number of rotatable bonds is 3. The molecule has 218 valence electrons. The van der Waals surface area contributed by atoms with Crippen molar-refractivity contribution in [3.8, 4) is 16.8 Å². The molecule has 0 unspecified atom stereocenters. The van der Waals surface area contributed by atoms with E-state index in [0.717, 1.165) is 25.7 Å². The molecule has 0 saturated heterocycles. The molecular weight excluding hydrogens is 556 g/mol. The van der Waals surface area contributed by atoms with Gasteiger partial charge in [0.25, 0.3) is 0 Å². The predicted octanol–water partition coefficient (Wildman–Crippen LogP) is 11.9. The standard InChI is InChI=1S/C44H32N2/c1-2-13-32(14-3-1)45-40-20-10-8-18-36(40)38-26-29(22-24-42(38)45)30-23-25-43-39(27-30)37-19-9-11-21-41(37)46(43)44-28-31-12-4-5-15-33(31)34-16-6-7-17-35(34)44/h1-2,5-11,13,15-28H,3-4,12,14H2. The van der Waals surface area contributed by atoms with E-state index in [0.29, 0.717) is 0 Å². The molecule has 8 aromatic rings. The highest BCUT2D eigenvalue weighted by atomic mass is 15.0. The molecule has 0 atom stereocenters. The van der Waals surface area contributed by atoms with Crippen molar-refractivity contribution in [1.82, 2.24) is 9.13 Å². The summed E-state index contributed by atoms with van der Waals surface area (Å²) in [5.41, 5.74) is 13.0. The Labute approximate surface area is 267 Å². The van der Waals surface area contributed by atoms with Gasteiger partial charge < -0.3 is 9.13 Å². The van der Waals surface area contributed by atoms with Crippen molar-refractivity contribution in [1.29, 1.82) is 0 Å². The van der Waals surface area contributed by atoms with Gasteiger partial charge in [-0.3, -0.25) is 0 Å². The molecular formula is C44H32N2. The van der Waals surface area contributed by atoms with Crippen LogP contribution in [0.5, 0.6) is 0 Å². The molecule has 2 aliphatic carbocycles. The first-order valence-corrected chi connectivity index (χ1v) is 16.5. The van der Waals surface area contributed by atoms with E-state index in [4.69, 9.17) is 0 Å². The van der Waals surface area contributed by atoms with Crippen LogP contribution in [0.25, 0.3) is 83.0 Å². The molecule has 10 rings (SSSR count). The topological polar surface area (TPSA) is 9.86 Å². The maximum absolute atomic E-state index is 2.50. The Kier molecular flexibility index (Phi) is 5.56. The molecule has 0 saturated carbocycles. The van der Waals surface area contributed by atoms with E-state index in [1.165, 1.54) is 88.0 Å². The first-order valence-electron chi connectivity index (χ1n) is 16.5.